The number of aromatic nitrogens is 1. The molecule has 0 amide bonds. The number of fused-ring (bicyclic) bond motifs is 2. The highest BCUT2D eigenvalue weighted by Crippen LogP contribution is 2.38. The molecule has 1 aliphatic heterocycles. The van der Waals surface area contributed by atoms with E-state index in [4.69, 9.17) is 0 Å². The highest BCUT2D eigenvalue weighted by molar-refractivity contribution is 5.94. The van der Waals surface area contributed by atoms with Crippen LogP contribution in [-0.4, -0.2) is 29.1 Å². The molecule has 2 aromatic carbocycles. The van der Waals surface area contributed by atoms with Gasteiger partial charge in [0.25, 0.3) is 0 Å². The first-order valence-corrected chi connectivity index (χ1v) is 12.1. The van der Waals surface area contributed by atoms with Gasteiger partial charge in [-0.3, -0.25) is 0 Å². The Morgan fingerprint density at radius 1 is 0.879 bits per heavy atom. The van der Waals surface area contributed by atoms with Crippen molar-refractivity contribution in [1.29, 1.82) is 5.26 Å². The minimum absolute atomic E-state index is 0.0149. The SMILES string of the molecule is Cn1cccc1C(C#N)CCCN1CCC(=C2c3ccccc3C=Cc3ccccc32)CC1. The first-order valence-electron chi connectivity index (χ1n) is 12.1. The normalized spacial score (nSPS) is 16.6. The van der Waals surface area contributed by atoms with Crippen molar-refractivity contribution in [2.75, 3.05) is 19.6 Å². The molecule has 1 saturated heterocycles. The first-order chi connectivity index (χ1) is 16.2. The van der Waals surface area contributed by atoms with Crippen LogP contribution in [0.15, 0.2) is 72.4 Å². The van der Waals surface area contributed by atoms with Crippen LogP contribution in [0.5, 0.6) is 0 Å². The molecule has 3 aromatic rings. The third-order valence-corrected chi connectivity index (χ3v) is 7.18. The molecule has 1 aromatic heterocycles. The molecule has 1 unspecified atom stereocenters. The number of rotatable bonds is 5. The molecule has 166 valence electrons. The number of aryl methyl sites for hydroxylation is 1. The summed E-state index contributed by atoms with van der Waals surface area (Å²) < 4.78 is 2.07. The number of benzene rings is 2. The molecule has 1 aliphatic carbocycles. The van der Waals surface area contributed by atoms with Crippen molar-refractivity contribution in [3.63, 3.8) is 0 Å². The van der Waals surface area contributed by atoms with Gasteiger partial charge in [-0.25, -0.2) is 0 Å². The molecule has 2 heterocycles. The average Bonchev–Trinajstić information content (AvgIpc) is 3.20. The molecule has 0 radical (unpaired) electrons. The van der Waals surface area contributed by atoms with Crippen molar-refractivity contribution in [3.8, 4) is 6.07 Å². The van der Waals surface area contributed by atoms with Gasteiger partial charge in [0.05, 0.1) is 12.0 Å². The van der Waals surface area contributed by atoms with Crippen LogP contribution in [0.1, 0.15) is 59.5 Å². The van der Waals surface area contributed by atoms with Gasteiger partial charge in [0.15, 0.2) is 0 Å². The van der Waals surface area contributed by atoms with Gasteiger partial charge in [-0.15, -0.1) is 0 Å². The first kappa shape index (κ1) is 21.5. The number of nitriles is 1. The molecule has 5 rings (SSSR count). The third kappa shape index (κ3) is 4.45. The molecule has 1 atom stereocenters. The Labute approximate surface area is 197 Å². The molecular formula is C30H31N3. The van der Waals surface area contributed by atoms with Gasteiger partial charge >= 0.3 is 0 Å². The van der Waals surface area contributed by atoms with Crippen LogP contribution in [0.2, 0.25) is 0 Å². The number of likely N-dealkylation sites (tertiary alicyclic amines) is 1. The van der Waals surface area contributed by atoms with Crippen LogP contribution in [-0.2, 0) is 7.05 Å². The van der Waals surface area contributed by atoms with Gasteiger partial charge in [0.1, 0.15) is 0 Å². The van der Waals surface area contributed by atoms with Crippen LogP contribution in [0.4, 0.5) is 0 Å². The van der Waals surface area contributed by atoms with E-state index in [1.54, 1.807) is 5.57 Å². The summed E-state index contributed by atoms with van der Waals surface area (Å²) in [4.78, 5) is 2.58. The number of hydrogen-bond donors (Lipinski definition) is 0. The van der Waals surface area contributed by atoms with Crippen molar-refractivity contribution in [2.45, 2.75) is 31.6 Å². The standard InChI is InChI=1S/C30H31N3/c1-32-18-7-13-29(32)26(22-31)10-6-19-33-20-16-25(17-21-33)30-27-11-4-2-8-23(27)14-15-24-9-3-5-12-28(24)30/h2-5,7-9,11-15,18,26H,6,10,16-17,19-21H2,1H3. The summed E-state index contributed by atoms with van der Waals surface area (Å²) in [6, 6.07) is 24.2. The van der Waals surface area contributed by atoms with Crippen molar-refractivity contribution < 1.29 is 0 Å². The van der Waals surface area contributed by atoms with Crippen LogP contribution in [0.3, 0.4) is 0 Å². The van der Waals surface area contributed by atoms with E-state index in [2.05, 4.69) is 82.3 Å². The maximum Gasteiger partial charge on any atom is 0.0865 e. The second-order valence-electron chi connectivity index (χ2n) is 9.20. The van der Waals surface area contributed by atoms with Crippen LogP contribution in [0, 0.1) is 11.3 Å². The minimum atomic E-state index is -0.0149. The lowest BCUT2D eigenvalue weighted by Gasteiger charge is -2.30. The van der Waals surface area contributed by atoms with Gasteiger partial charge in [-0.2, -0.15) is 5.26 Å². The lowest BCUT2D eigenvalue weighted by Crippen LogP contribution is -2.32. The molecular weight excluding hydrogens is 402 g/mol. The molecule has 33 heavy (non-hydrogen) atoms. The fourth-order valence-electron chi connectivity index (χ4n) is 5.38. The minimum Gasteiger partial charge on any atom is -0.353 e. The van der Waals surface area contributed by atoms with Gasteiger partial charge in [0, 0.05) is 32.0 Å². The summed E-state index contributed by atoms with van der Waals surface area (Å²) in [5.74, 6) is -0.0149. The van der Waals surface area contributed by atoms with Gasteiger partial charge in [-0.05, 0) is 72.2 Å². The molecule has 1 fully saturated rings. The topological polar surface area (TPSA) is 32.0 Å². The molecule has 0 saturated carbocycles. The Morgan fingerprint density at radius 3 is 2.09 bits per heavy atom. The maximum absolute atomic E-state index is 9.63. The predicted molar refractivity (Wildman–Crippen MR) is 137 cm³/mol. The smallest absolute Gasteiger partial charge is 0.0865 e. The molecule has 2 aliphatic rings. The van der Waals surface area contributed by atoms with Crippen LogP contribution in [0.25, 0.3) is 17.7 Å². The second-order valence-corrected chi connectivity index (χ2v) is 9.20. The summed E-state index contributed by atoms with van der Waals surface area (Å²) in [6.07, 6.45) is 10.7. The third-order valence-electron chi connectivity index (χ3n) is 7.18. The number of hydrogen-bond acceptors (Lipinski definition) is 2. The van der Waals surface area contributed by atoms with Gasteiger partial charge in [-0.1, -0.05) is 66.3 Å². The molecule has 3 heteroatoms. The molecule has 0 N–H and O–H groups in total. The van der Waals surface area contributed by atoms with E-state index in [9.17, 15) is 5.26 Å². The molecule has 3 nitrogen and oxygen atoms in total. The summed E-state index contributed by atoms with van der Waals surface area (Å²) in [6.45, 7) is 3.26. The zero-order valence-corrected chi connectivity index (χ0v) is 19.4. The van der Waals surface area contributed by atoms with E-state index in [0.29, 0.717) is 0 Å². The fraction of sp³-hybridized carbons (Fsp3) is 0.300. The van der Waals surface area contributed by atoms with Crippen molar-refractivity contribution in [1.82, 2.24) is 9.47 Å². The van der Waals surface area contributed by atoms with Crippen LogP contribution >= 0.6 is 0 Å². The zero-order chi connectivity index (χ0) is 22.6. The fourth-order valence-corrected chi connectivity index (χ4v) is 5.38. The largest absolute Gasteiger partial charge is 0.353 e. The second kappa shape index (κ2) is 9.65. The summed E-state index contributed by atoms with van der Waals surface area (Å²) in [5.41, 5.74) is 9.49. The highest BCUT2D eigenvalue weighted by Gasteiger charge is 2.22. The summed E-state index contributed by atoms with van der Waals surface area (Å²) >= 11 is 0. The Morgan fingerprint density at radius 2 is 1.52 bits per heavy atom. The van der Waals surface area contributed by atoms with E-state index in [1.165, 1.54) is 27.8 Å². The number of nitrogens with zero attached hydrogens (tertiary/aromatic N) is 3. The van der Waals surface area contributed by atoms with Crippen molar-refractivity contribution in [2.24, 2.45) is 7.05 Å². The number of piperidine rings is 1. The molecule has 0 spiro atoms. The van der Waals surface area contributed by atoms with E-state index in [-0.39, 0.29) is 5.92 Å². The van der Waals surface area contributed by atoms with Crippen molar-refractivity contribution >= 4 is 17.7 Å². The lowest BCUT2D eigenvalue weighted by molar-refractivity contribution is 0.250. The summed E-state index contributed by atoms with van der Waals surface area (Å²) in [5, 5.41) is 9.63. The van der Waals surface area contributed by atoms with E-state index < -0.39 is 0 Å². The summed E-state index contributed by atoms with van der Waals surface area (Å²) in [7, 11) is 2.03. The Bertz CT molecular complexity index is 1180. The van der Waals surface area contributed by atoms with Gasteiger partial charge in [0.2, 0.25) is 0 Å². The lowest BCUT2D eigenvalue weighted by atomic mass is 9.86. The Hall–Kier alpha value is -3.35. The average molecular weight is 434 g/mol. The van der Waals surface area contributed by atoms with E-state index in [0.717, 1.165) is 51.0 Å². The molecule has 0 bridgehead atoms. The van der Waals surface area contributed by atoms with E-state index in [1.807, 2.05) is 19.3 Å². The zero-order valence-electron chi connectivity index (χ0n) is 19.4. The van der Waals surface area contributed by atoms with Crippen molar-refractivity contribution in [3.05, 3.63) is 100 Å². The van der Waals surface area contributed by atoms with E-state index >= 15 is 0 Å². The monoisotopic (exact) mass is 433 g/mol. The van der Waals surface area contributed by atoms with Gasteiger partial charge < -0.3 is 9.47 Å². The Kier molecular flexibility index (Phi) is 6.28. The quantitative estimate of drug-likeness (QED) is 0.360. The Balaban J connectivity index is 1.29. The maximum atomic E-state index is 9.63. The van der Waals surface area contributed by atoms with Crippen LogP contribution < -0.4 is 0 Å². The highest BCUT2D eigenvalue weighted by atomic mass is 15.1. The predicted octanol–water partition coefficient (Wildman–Crippen LogP) is 6.49.